The summed E-state index contributed by atoms with van der Waals surface area (Å²) in [5.74, 6) is 1.64. The molecule has 2 fully saturated rings. The summed E-state index contributed by atoms with van der Waals surface area (Å²) < 4.78 is 32.3. The highest BCUT2D eigenvalue weighted by molar-refractivity contribution is 8.14. The van der Waals surface area contributed by atoms with Crippen LogP contribution in [-0.4, -0.2) is 48.1 Å². The number of fused-ring (bicyclic) bond motifs is 1. The summed E-state index contributed by atoms with van der Waals surface area (Å²) in [6.45, 7) is 3.01. The van der Waals surface area contributed by atoms with Crippen molar-refractivity contribution in [2.24, 2.45) is 5.41 Å². The second kappa shape index (κ2) is 11.2. The van der Waals surface area contributed by atoms with Gasteiger partial charge in [-0.25, -0.2) is 4.39 Å². The summed E-state index contributed by atoms with van der Waals surface area (Å²) in [4.78, 5) is 28.4. The molecule has 2 aliphatic rings. The van der Waals surface area contributed by atoms with Crippen molar-refractivity contribution in [3.8, 4) is 23.0 Å². The third kappa shape index (κ3) is 5.86. The lowest BCUT2D eigenvalue weighted by atomic mass is 10.1. The number of halogens is 1. The standard InChI is InChI=1S/C28H30FN3O5S/c1-28(8-9-28)27(34)32-17-4-5-23(19(29)14-17)37-22-6-11-31-21-16-25(24(35-2)15-18(21)22)36-12-3-10-30-20-7-13-38-26(20)33/h4-6,11,14-16,20,30H,3,7-10,12-13H2,1-2H3,(H,32,34). The number of ether oxygens (including phenoxy) is 3. The Kier molecular flexibility index (Phi) is 7.71. The molecular weight excluding hydrogens is 509 g/mol. The molecule has 1 amide bonds. The molecule has 1 saturated heterocycles. The van der Waals surface area contributed by atoms with Crippen molar-refractivity contribution in [2.75, 3.05) is 31.3 Å². The zero-order valence-corrected chi connectivity index (χ0v) is 22.2. The number of hydrogen-bond acceptors (Lipinski definition) is 8. The van der Waals surface area contributed by atoms with E-state index in [-0.39, 0.29) is 28.2 Å². The zero-order valence-electron chi connectivity index (χ0n) is 21.3. The van der Waals surface area contributed by atoms with Crippen molar-refractivity contribution in [3.63, 3.8) is 0 Å². The van der Waals surface area contributed by atoms with Gasteiger partial charge in [0.1, 0.15) is 5.75 Å². The predicted octanol–water partition coefficient (Wildman–Crippen LogP) is 5.30. The van der Waals surface area contributed by atoms with Crippen LogP contribution in [0.5, 0.6) is 23.0 Å². The van der Waals surface area contributed by atoms with Crippen molar-refractivity contribution >= 4 is 39.4 Å². The van der Waals surface area contributed by atoms with Gasteiger partial charge in [-0.15, -0.1) is 0 Å². The van der Waals surface area contributed by atoms with Crippen LogP contribution in [0.4, 0.5) is 10.1 Å². The Bertz CT molecular complexity index is 1360. The van der Waals surface area contributed by atoms with Gasteiger partial charge in [0, 0.05) is 40.6 Å². The number of carbonyl (C=O) groups is 2. The number of aromatic nitrogens is 1. The minimum Gasteiger partial charge on any atom is -0.493 e. The van der Waals surface area contributed by atoms with Crippen molar-refractivity contribution in [1.82, 2.24) is 10.3 Å². The molecule has 2 aromatic carbocycles. The monoisotopic (exact) mass is 539 g/mol. The summed E-state index contributed by atoms with van der Waals surface area (Å²) in [6.07, 6.45) is 4.85. The maximum atomic E-state index is 14.9. The fourth-order valence-electron chi connectivity index (χ4n) is 4.18. The summed E-state index contributed by atoms with van der Waals surface area (Å²) in [6, 6.07) is 9.47. The number of benzene rings is 2. The molecule has 2 N–H and O–H groups in total. The van der Waals surface area contributed by atoms with Crippen LogP contribution in [0.1, 0.15) is 32.6 Å². The van der Waals surface area contributed by atoms with Crippen molar-refractivity contribution in [1.29, 1.82) is 0 Å². The van der Waals surface area contributed by atoms with Crippen LogP contribution >= 0.6 is 11.8 Å². The van der Waals surface area contributed by atoms with Crippen LogP contribution in [-0.2, 0) is 9.59 Å². The lowest BCUT2D eigenvalue weighted by Crippen LogP contribution is -2.33. The van der Waals surface area contributed by atoms with Gasteiger partial charge in [0.2, 0.25) is 11.0 Å². The molecule has 1 saturated carbocycles. The second-order valence-corrected chi connectivity index (χ2v) is 10.9. The van der Waals surface area contributed by atoms with Crippen LogP contribution in [0.3, 0.4) is 0 Å². The van der Waals surface area contributed by atoms with E-state index in [0.29, 0.717) is 47.0 Å². The van der Waals surface area contributed by atoms with Gasteiger partial charge in [0.25, 0.3) is 0 Å². The summed E-state index contributed by atoms with van der Waals surface area (Å²) in [5.41, 5.74) is 0.641. The molecular formula is C28H30FN3O5S. The van der Waals surface area contributed by atoms with E-state index in [4.69, 9.17) is 14.2 Å². The third-order valence-electron chi connectivity index (χ3n) is 6.85. The first kappa shape index (κ1) is 26.2. The Hall–Kier alpha value is -3.37. The number of pyridine rings is 1. The van der Waals surface area contributed by atoms with E-state index in [9.17, 15) is 14.0 Å². The number of nitrogens with one attached hydrogen (secondary N) is 2. The number of carbonyl (C=O) groups excluding carboxylic acids is 2. The highest BCUT2D eigenvalue weighted by atomic mass is 32.2. The smallest absolute Gasteiger partial charge is 0.230 e. The molecule has 1 aliphatic carbocycles. The van der Waals surface area contributed by atoms with Crippen molar-refractivity contribution in [3.05, 3.63) is 48.4 Å². The SMILES string of the molecule is COc1cc2c(Oc3ccc(NC(=O)C4(C)CC4)cc3F)ccnc2cc1OCCCNC1CCSC1=O. The van der Waals surface area contributed by atoms with E-state index < -0.39 is 5.82 Å². The molecule has 1 aromatic heterocycles. The molecule has 10 heteroatoms. The number of nitrogens with zero attached hydrogens (tertiary/aromatic N) is 1. The number of thioether (sulfide) groups is 1. The molecule has 5 rings (SSSR count). The molecule has 8 nitrogen and oxygen atoms in total. The van der Waals surface area contributed by atoms with E-state index >= 15 is 0 Å². The number of anilines is 1. The van der Waals surface area contributed by atoms with Crippen LogP contribution in [0.15, 0.2) is 42.6 Å². The lowest BCUT2D eigenvalue weighted by Gasteiger charge is -2.15. The van der Waals surface area contributed by atoms with E-state index in [1.807, 2.05) is 6.92 Å². The van der Waals surface area contributed by atoms with Crippen molar-refractivity contribution in [2.45, 2.75) is 38.6 Å². The van der Waals surface area contributed by atoms with Crippen LogP contribution < -0.4 is 24.8 Å². The maximum absolute atomic E-state index is 14.9. The Morgan fingerprint density at radius 3 is 2.71 bits per heavy atom. The average molecular weight is 540 g/mol. The van der Waals surface area contributed by atoms with Gasteiger partial charge in [-0.05, 0) is 56.5 Å². The van der Waals surface area contributed by atoms with Crippen LogP contribution in [0.25, 0.3) is 10.9 Å². The molecule has 0 bridgehead atoms. The minimum atomic E-state index is -0.591. The van der Waals surface area contributed by atoms with Crippen LogP contribution in [0, 0.1) is 11.2 Å². The summed E-state index contributed by atoms with van der Waals surface area (Å²) in [5, 5.41) is 6.88. The molecule has 200 valence electrons. The fourth-order valence-corrected chi connectivity index (χ4v) is 5.14. The largest absolute Gasteiger partial charge is 0.493 e. The van der Waals surface area contributed by atoms with E-state index in [1.54, 1.807) is 37.6 Å². The lowest BCUT2D eigenvalue weighted by molar-refractivity contribution is -0.120. The first-order valence-corrected chi connectivity index (χ1v) is 13.6. The van der Waals surface area contributed by atoms with Gasteiger partial charge >= 0.3 is 0 Å². The highest BCUT2D eigenvalue weighted by Crippen LogP contribution is 2.46. The average Bonchev–Trinajstić information content (AvgIpc) is 3.54. The van der Waals surface area contributed by atoms with Gasteiger partial charge in [-0.2, -0.15) is 0 Å². The van der Waals surface area contributed by atoms with E-state index in [0.717, 1.165) is 31.4 Å². The third-order valence-corrected chi connectivity index (χ3v) is 7.86. The topological polar surface area (TPSA) is 98.8 Å². The maximum Gasteiger partial charge on any atom is 0.230 e. The van der Waals surface area contributed by atoms with Crippen molar-refractivity contribution < 1.29 is 28.2 Å². The zero-order chi connectivity index (χ0) is 26.7. The molecule has 0 radical (unpaired) electrons. The molecule has 1 aliphatic heterocycles. The van der Waals surface area contributed by atoms with Gasteiger partial charge in [0.15, 0.2) is 23.1 Å². The fraction of sp³-hybridized carbons (Fsp3) is 0.393. The highest BCUT2D eigenvalue weighted by Gasteiger charge is 2.44. The van der Waals surface area contributed by atoms with Gasteiger partial charge in [0.05, 0.1) is 25.3 Å². The van der Waals surface area contributed by atoms with Crippen LogP contribution in [0.2, 0.25) is 0 Å². The second-order valence-electron chi connectivity index (χ2n) is 9.76. The molecule has 1 atom stereocenters. The first-order valence-electron chi connectivity index (χ1n) is 12.6. The molecule has 3 aromatic rings. The van der Waals surface area contributed by atoms with Gasteiger partial charge in [-0.1, -0.05) is 18.7 Å². The van der Waals surface area contributed by atoms with Gasteiger partial charge in [-0.3, -0.25) is 14.6 Å². The van der Waals surface area contributed by atoms with E-state index in [1.165, 1.54) is 23.9 Å². The first-order chi connectivity index (χ1) is 18.4. The Morgan fingerprint density at radius 2 is 2.00 bits per heavy atom. The molecule has 38 heavy (non-hydrogen) atoms. The molecule has 0 spiro atoms. The Balaban J connectivity index is 1.25. The number of amides is 1. The number of rotatable bonds is 11. The van der Waals surface area contributed by atoms with E-state index in [2.05, 4.69) is 15.6 Å². The summed E-state index contributed by atoms with van der Waals surface area (Å²) >= 11 is 1.38. The molecule has 2 heterocycles. The normalized spacial score (nSPS) is 17.9. The van der Waals surface area contributed by atoms with Gasteiger partial charge < -0.3 is 24.8 Å². The Morgan fingerprint density at radius 1 is 1.16 bits per heavy atom. The minimum absolute atomic E-state index is 0.0269. The number of methoxy groups -OCH3 is 1. The molecule has 1 unspecified atom stereocenters. The number of hydrogen-bond donors (Lipinski definition) is 2. The predicted molar refractivity (Wildman–Crippen MR) is 145 cm³/mol. The Labute approximate surface area is 224 Å². The summed E-state index contributed by atoms with van der Waals surface area (Å²) in [7, 11) is 1.55. The quantitative estimate of drug-likeness (QED) is 0.317.